The molecule has 132 valence electrons. The molecule has 0 aromatic heterocycles. The predicted molar refractivity (Wildman–Crippen MR) is 83.7 cm³/mol. The molecule has 0 saturated carbocycles. The minimum absolute atomic E-state index is 0.0599. The molecule has 0 aliphatic rings. The first kappa shape index (κ1) is 21.1. The standard InChI is InChI=1S/C12H22N4O6S/c1-5(9(18)15-6(2)12(21)22)14-11(20)8(4-23)16-10(19)7(13)3-17/h5-8,17,23H,3-4,13H2,1-2H3,(H,14,20)(H,15,18)(H,16,19)(H,21,22). The number of carbonyl (C=O) groups is 4. The van der Waals surface area contributed by atoms with Gasteiger partial charge in [0.15, 0.2) is 0 Å². The molecule has 0 aliphatic heterocycles. The van der Waals surface area contributed by atoms with Crippen molar-refractivity contribution in [2.45, 2.75) is 38.0 Å². The second kappa shape index (κ2) is 10.0. The number of carboxylic acid groups (broad SMARTS) is 1. The summed E-state index contributed by atoms with van der Waals surface area (Å²) in [5.74, 6) is -3.39. The van der Waals surface area contributed by atoms with Crippen LogP contribution in [-0.2, 0) is 19.2 Å². The van der Waals surface area contributed by atoms with E-state index in [0.717, 1.165) is 0 Å². The van der Waals surface area contributed by atoms with Crippen molar-refractivity contribution in [1.29, 1.82) is 0 Å². The summed E-state index contributed by atoms with van der Waals surface area (Å²) in [6.45, 7) is 2.05. The van der Waals surface area contributed by atoms with E-state index in [4.69, 9.17) is 15.9 Å². The fourth-order valence-corrected chi connectivity index (χ4v) is 1.59. The Morgan fingerprint density at radius 1 is 1.00 bits per heavy atom. The molecule has 4 atom stereocenters. The monoisotopic (exact) mass is 350 g/mol. The Bertz CT molecular complexity index is 461. The van der Waals surface area contributed by atoms with Crippen LogP contribution in [0.5, 0.6) is 0 Å². The summed E-state index contributed by atoms with van der Waals surface area (Å²) in [4.78, 5) is 45.9. The molecule has 4 unspecified atom stereocenters. The van der Waals surface area contributed by atoms with Crippen LogP contribution in [0, 0.1) is 0 Å². The Morgan fingerprint density at radius 2 is 1.52 bits per heavy atom. The van der Waals surface area contributed by atoms with Crippen LogP contribution in [0.15, 0.2) is 0 Å². The van der Waals surface area contributed by atoms with Gasteiger partial charge in [-0.2, -0.15) is 12.6 Å². The number of hydrogen-bond acceptors (Lipinski definition) is 7. The van der Waals surface area contributed by atoms with Gasteiger partial charge in [0.2, 0.25) is 17.7 Å². The third-order valence-electron chi connectivity index (χ3n) is 2.83. The van der Waals surface area contributed by atoms with Gasteiger partial charge in [-0.1, -0.05) is 0 Å². The molecule has 0 fully saturated rings. The number of hydrogen-bond donors (Lipinski definition) is 7. The Balaban J connectivity index is 4.60. The van der Waals surface area contributed by atoms with Crippen molar-refractivity contribution in [3.63, 3.8) is 0 Å². The van der Waals surface area contributed by atoms with Crippen molar-refractivity contribution in [1.82, 2.24) is 16.0 Å². The van der Waals surface area contributed by atoms with Crippen molar-refractivity contribution in [2.75, 3.05) is 12.4 Å². The van der Waals surface area contributed by atoms with Crippen molar-refractivity contribution in [3.05, 3.63) is 0 Å². The minimum Gasteiger partial charge on any atom is -0.480 e. The summed E-state index contributed by atoms with van der Waals surface area (Å²) in [5.41, 5.74) is 5.31. The molecule has 0 spiro atoms. The Hall–Kier alpha value is -1.85. The fraction of sp³-hybridized carbons (Fsp3) is 0.667. The first-order valence-corrected chi connectivity index (χ1v) is 7.38. The van der Waals surface area contributed by atoms with Crippen molar-refractivity contribution < 1.29 is 29.4 Å². The number of rotatable bonds is 9. The second-order valence-corrected chi connectivity index (χ2v) is 5.20. The third-order valence-corrected chi connectivity index (χ3v) is 3.20. The molecule has 0 aromatic carbocycles. The van der Waals surface area contributed by atoms with E-state index in [2.05, 4.69) is 28.6 Å². The van der Waals surface area contributed by atoms with E-state index in [0.29, 0.717) is 0 Å². The lowest BCUT2D eigenvalue weighted by Gasteiger charge is -2.21. The molecule has 0 aliphatic carbocycles. The van der Waals surface area contributed by atoms with Crippen LogP contribution in [0.4, 0.5) is 0 Å². The highest BCUT2D eigenvalue weighted by molar-refractivity contribution is 7.80. The van der Waals surface area contributed by atoms with E-state index in [1.54, 1.807) is 0 Å². The molecule has 0 heterocycles. The van der Waals surface area contributed by atoms with Crippen LogP contribution in [0.25, 0.3) is 0 Å². The van der Waals surface area contributed by atoms with Gasteiger partial charge >= 0.3 is 5.97 Å². The van der Waals surface area contributed by atoms with Crippen LogP contribution in [0.1, 0.15) is 13.8 Å². The smallest absolute Gasteiger partial charge is 0.325 e. The summed E-state index contributed by atoms with van der Waals surface area (Å²) in [6, 6.07) is -4.36. The number of carbonyl (C=O) groups excluding carboxylic acids is 3. The van der Waals surface area contributed by atoms with Crippen molar-refractivity contribution in [3.8, 4) is 0 Å². The fourth-order valence-electron chi connectivity index (χ4n) is 1.34. The maximum Gasteiger partial charge on any atom is 0.325 e. The van der Waals surface area contributed by atoms with Gasteiger partial charge in [0.05, 0.1) is 6.61 Å². The molecule has 23 heavy (non-hydrogen) atoms. The van der Waals surface area contributed by atoms with Crippen molar-refractivity contribution >= 4 is 36.3 Å². The van der Waals surface area contributed by atoms with E-state index in [9.17, 15) is 19.2 Å². The highest BCUT2D eigenvalue weighted by Crippen LogP contribution is 1.94. The summed E-state index contributed by atoms with van der Waals surface area (Å²) >= 11 is 3.93. The van der Waals surface area contributed by atoms with E-state index in [1.807, 2.05) is 0 Å². The molecule has 11 heteroatoms. The summed E-state index contributed by atoms with van der Waals surface area (Å²) in [6.07, 6.45) is 0. The lowest BCUT2D eigenvalue weighted by atomic mass is 10.2. The molecule has 0 aromatic rings. The number of carboxylic acids is 1. The average molecular weight is 350 g/mol. The van der Waals surface area contributed by atoms with Gasteiger partial charge in [-0.15, -0.1) is 0 Å². The summed E-state index contributed by atoms with van der Waals surface area (Å²) in [7, 11) is 0. The zero-order valence-corrected chi connectivity index (χ0v) is 13.7. The van der Waals surface area contributed by atoms with Gasteiger partial charge in [-0.05, 0) is 13.8 Å². The highest BCUT2D eigenvalue weighted by Gasteiger charge is 2.26. The quantitative estimate of drug-likeness (QED) is 0.215. The number of amides is 3. The van der Waals surface area contributed by atoms with E-state index < -0.39 is 54.5 Å². The minimum atomic E-state index is -1.21. The number of nitrogens with one attached hydrogen (secondary N) is 3. The van der Waals surface area contributed by atoms with Gasteiger partial charge in [0.25, 0.3) is 0 Å². The summed E-state index contributed by atoms with van der Waals surface area (Å²) < 4.78 is 0. The molecule has 3 amide bonds. The summed E-state index contributed by atoms with van der Waals surface area (Å²) in [5, 5.41) is 24.3. The van der Waals surface area contributed by atoms with Crippen LogP contribution < -0.4 is 21.7 Å². The molecule has 0 saturated heterocycles. The number of thiol groups is 1. The lowest BCUT2D eigenvalue weighted by molar-refractivity contribution is -0.141. The number of aliphatic hydroxyl groups is 1. The maximum atomic E-state index is 12.0. The predicted octanol–water partition coefficient (Wildman–Crippen LogP) is -3.19. The Labute approximate surface area is 138 Å². The van der Waals surface area contributed by atoms with Gasteiger partial charge in [-0.3, -0.25) is 19.2 Å². The highest BCUT2D eigenvalue weighted by atomic mass is 32.1. The van der Waals surface area contributed by atoms with E-state index >= 15 is 0 Å². The average Bonchev–Trinajstić information content (AvgIpc) is 2.50. The number of aliphatic hydroxyl groups excluding tert-OH is 1. The molecule has 0 radical (unpaired) electrons. The molecule has 0 bridgehead atoms. The van der Waals surface area contributed by atoms with E-state index in [1.165, 1.54) is 13.8 Å². The zero-order valence-electron chi connectivity index (χ0n) is 12.8. The number of aliphatic carboxylic acids is 1. The first-order chi connectivity index (χ1) is 10.6. The number of nitrogens with two attached hydrogens (primary N) is 1. The van der Waals surface area contributed by atoms with Gasteiger partial charge in [-0.25, -0.2) is 0 Å². The van der Waals surface area contributed by atoms with Crippen LogP contribution in [0.2, 0.25) is 0 Å². The molecule has 10 nitrogen and oxygen atoms in total. The lowest BCUT2D eigenvalue weighted by Crippen LogP contribution is -2.57. The van der Waals surface area contributed by atoms with Gasteiger partial charge in [0, 0.05) is 5.75 Å². The molecular formula is C12H22N4O6S. The third kappa shape index (κ3) is 7.30. The first-order valence-electron chi connectivity index (χ1n) is 6.75. The van der Waals surface area contributed by atoms with Crippen LogP contribution >= 0.6 is 12.6 Å². The van der Waals surface area contributed by atoms with Gasteiger partial charge < -0.3 is 31.9 Å². The Kier molecular flexibility index (Phi) is 9.22. The molecule has 0 rings (SSSR count). The topological polar surface area (TPSA) is 171 Å². The molecular weight excluding hydrogens is 328 g/mol. The maximum absolute atomic E-state index is 12.0. The Morgan fingerprint density at radius 3 is 1.96 bits per heavy atom. The second-order valence-electron chi connectivity index (χ2n) is 4.83. The van der Waals surface area contributed by atoms with E-state index in [-0.39, 0.29) is 5.75 Å². The van der Waals surface area contributed by atoms with Gasteiger partial charge in [0.1, 0.15) is 24.2 Å². The van der Waals surface area contributed by atoms with Crippen molar-refractivity contribution in [2.24, 2.45) is 5.73 Å². The van der Waals surface area contributed by atoms with Crippen LogP contribution in [0.3, 0.4) is 0 Å². The SMILES string of the molecule is CC(NC(=O)C(C)NC(=O)C(CS)NC(=O)C(N)CO)C(=O)O. The normalized spacial score (nSPS) is 15.7. The zero-order chi connectivity index (χ0) is 18.2. The van der Waals surface area contributed by atoms with Crippen LogP contribution in [-0.4, -0.2) is 70.4 Å². The molecule has 7 N–H and O–H groups in total. The largest absolute Gasteiger partial charge is 0.480 e.